The molecule has 0 aliphatic heterocycles. The minimum Gasteiger partial charge on any atom is -0.342 e. The Balaban J connectivity index is 2.38. The molecule has 1 heterocycles. The quantitative estimate of drug-likeness (QED) is 0.762. The van der Waals surface area contributed by atoms with Crippen LogP contribution in [0.4, 0.5) is 0 Å². The SMILES string of the molecule is CN(C)Cc1ccccc1-c1ncon1. The lowest BCUT2D eigenvalue weighted by Gasteiger charge is -2.11. The molecule has 4 nitrogen and oxygen atoms in total. The summed E-state index contributed by atoms with van der Waals surface area (Å²) in [5, 5.41) is 3.85. The number of aromatic nitrogens is 2. The van der Waals surface area contributed by atoms with Crippen molar-refractivity contribution < 1.29 is 4.52 Å². The lowest BCUT2D eigenvalue weighted by atomic mass is 10.1. The van der Waals surface area contributed by atoms with E-state index in [1.165, 1.54) is 12.0 Å². The molecule has 0 saturated heterocycles. The van der Waals surface area contributed by atoms with Crippen LogP contribution in [-0.4, -0.2) is 29.1 Å². The fraction of sp³-hybridized carbons (Fsp3) is 0.273. The van der Waals surface area contributed by atoms with Crippen LogP contribution < -0.4 is 0 Å². The molecule has 0 spiro atoms. The van der Waals surface area contributed by atoms with E-state index in [0.29, 0.717) is 5.82 Å². The topological polar surface area (TPSA) is 42.2 Å². The van der Waals surface area contributed by atoms with Gasteiger partial charge in [0.15, 0.2) is 0 Å². The Labute approximate surface area is 88.5 Å². The Hall–Kier alpha value is -1.68. The number of nitrogens with zero attached hydrogens (tertiary/aromatic N) is 3. The molecule has 0 radical (unpaired) electrons. The molecule has 1 aromatic heterocycles. The zero-order chi connectivity index (χ0) is 10.7. The summed E-state index contributed by atoms with van der Waals surface area (Å²) in [7, 11) is 4.07. The van der Waals surface area contributed by atoms with Gasteiger partial charge in [-0.15, -0.1) is 0 Å². The van der Waals surface area contributed by atoms with Gasteiger partial charge in [0, 0.05) is 12.1 Å². The fourth-order valence-corrected chi connectivity index (χ4v) is 1.51. The lowest BCUT2D eigenvalue weighted by Crippen LogP contribution is -2.11. The Morgan fingerprint density at radius 2 is 2.07 bits per heavy atom. The summed E-state index contributed by atoms with van der Waals surface area (Å²) in [5.74, 6) is 0.646. The Morgan fingerprint density at radius 3 is 2.73 bits per heavy atom. The molecule has 0 aliphatic carbocycles. The first kappa shape index (κ1) is 9.86. The monoisotopic (exact) mass is 203 g/mol. The van der Waals surface area contributed by atoms with Crippen LogP contribution in [0.5, 0.6) is 0 Å². The third-order valence-corrected chi connectivity index (χ3v) is 2.11. The van der Waals surface area contributed by atoms with Crippen LogP contribution in [0.3, 0.4) is 0 Å². The van der Waals surface area contributed by atoms with E-state index in [-0.39, 0.29) is 0 Å². The first-order valence-electron chi connectivity index (χ1n) is 4.77. The van der Waals surface area contributed by atoms with E-state index in [9.17, 15) is 0 Å². The summed E-state index contributed by atoms with van der Waals surface area (Å²) in [6.07, 6.45) is 1.35. The van der Waals surface area contributed by atoms with Crippen molar-refractivity contribution in [2.75, 3.05) is 14.1 Å². The van der Waals surface area contributed by atoms with Gasteiger partial charge in [0.1, 0.15) is 0 Å². The molecule has 0 bridgehead atoms. The maximum Gasteiger partial charge on any atom is 0.214 e. The summed E-state index contributed by atoms with van der Waals surface area (Å²) >= 11 is 0. The Bertz CT molecular complexity index is 423. The average molecular weight is 203 g/mol. The van der Waals surface area contributed by atoms with Crippen molar-refractivity contribution in [1.82, 2.24) is 15.0 Å². The molecular weight excluding hydrogens is 190 g/mol. The predicted molar refractivity (Wildman–Crippen MR) is 57.1 cm³/mol. The van der Waals surface area contributed by atoms with Crippen LogP contribution in [0.2, 0.25) is 0 Å². The van der Waals surface area contributed by atoms with Crippen LogP contribution in [0.15, 0.2) is 35.2 Å². The van der Waals surface area contributed by atoms with E-state index in [4.69, 9.17) is 4.52 Å². The molecule has 2 aromatic rings. The maximum atomic E-state index is 4.75. The predicted octanol–water partition coefficient (Wildman–Crippen LogP) is 1.80. The molecule has 0 atom stereocenters. The zero-order valence-corrected chi connectivity index (χ0v) is 8.84. The first-order chi connectivity index (χ1) is 7.27. The van der Waals surface area contributed by atoms with Gasteiger partial charge in [-0.05, 0) is 19.7 Å². The molecule has 0 N–H and O–H groups in total. The minimum absolute atomic E-state index is 0.646. The molecule has 78 valence electrons. The Morgan fingerprint density at radius 1 is 1.27 bits per heavy atom. The number of rotatable bonds is 3. The van der Waals surface area contributed by atoms with Crippen molar-refractivity contribution in [2.45, 2.75) is 6.54 Å². The van der Waals surface area contributed by atoms with Gasteiger partial charge in [0.05, 0.1) is 0 Å². The smallest absolute Gasteiger partial charge is 0.214 e. The third-order valence-electron chi connectivity index (χ3n) is 2.11. The number of hydrogen-bond donors (Lipinski definition) is 0. The summed E-state index contributed by atoms with van der Waals surface area (Å²) in [6, 6.07) is 8.07. The van der Waals surface area contributed by atoms with Crippen molar-refractivity contribution in [1.29, 1.82) is 0 Å². The summed E-state index contributed by atoms with van der Waals surface area (Å²) in [6.45, 7) is 0.866. The molecule has 0 aliphatic rings. The highest BCUT2D eigenvalue weighted by molar-refractivity contribution is 5.59. The average Bonchev–Trinajstić information content (AvgIpc) is 2.70. The summed E-state index contributed by atoms with van der Waals surface area (Å²) in [4.78, 5) is 6.17. The van der Waals surface area contributed by atoms with Crippen LogP contribution >= 0.6 is 0 Å². The van der Waals surface area contributed by atoms with Crippen LogP contribution in [0, 0.1) is 0 Å². The van der Waals surface area contributed by atoms with Gasteiger partial charge < -0.3 is 9.42 Å². The van der Waals surface area contributed by atoms with Crippen molar-refractivity contribution in [3.63, 3.8) is 0 Å². The van der Waals surface area contributed by atoms with E-state index in [2.05, 4.69) is 21.1 Å². The molecule has 2 rings (SSSR count). The molecule has 4 heteroatoms. The Kier molecular flexibility index (Phi) is 2.78. The van der Waals surface area contributed by atoms with E-state index >= 15 is 0 Å². The number of benzene rings is 1. The fourth-order valence-electron chi connectivity index (χ4n) is 1.51. The lowest BCUT2D eigenvalue weighted by molar-refractivity contribution is 0.402. The molecule has 15 heavy (non-hydrogen) atoms. The molecular formula is C11H13N3O. The van der Waals surface area contributed by atoms with Gasteiger partial charge in [-0.2, -0.15) is 4.98 Å². The van der Waals surface area contributed by atoms with Crippen LogP contribution in [0.1, 0.15) is 5.56 Å². The normalized spacial score (nSPS) is 10.9. The van der Waals surface area contributed by atoms with Crippen LogP contribution in [0.25, 0.3) is 11.4 Å². The first-order valence-corrected chi connectivity index (χ1v) is 4.77. The van der Waals surface area contributed by atoms with Crippen molar-refractivity contribution >= 4 is 0 Å². The summed E-state index contributed by atoms with van der Waals surface area (Å²) < 4.78 is 4.75. The molecule has 0 unspecified atom stereocenters. The van der Waals surface area contributed by atoms with Gasteiger partial charge in [-0.25, -0.2) is 0 Å². The second kappa shape index (κ2) is 4.23. The molecule has 1 aromatic carbocycles. The second-order valence-corrected chi connectivity index (χ2v) is 3.65. The highest BCUT2D eigenvalue weighted by atomic mass is 16.5. The van der Waals surface area contributed by atoms with Crippen molar-refractivity contribution in [3.05, 3.63) is 36.2 Å². The summed E-state index contributed by atoms with van der Waals surface area (Å²) in [5.41, 5.74) is 2.23. The minimum atomic E-state index is 0.646. The van der Waals surface area contributed by atoms with Crippen LogP contribution in [-0.2, 0) is 6.54 Å². The molecule has 0 saturated carbocycles. The molecule has 0 fully saturated rings. The maximum absolute atomic E-state index is 4.75. The van der Waals surface area contributed by atoms with Gasteiger partial charge in [0.2, 0.25) is 12.2 Å². The third kappa shape index (κ3) is 2.22. The van der Waals surface area contributed by atoms with E-state index < -0.39 is 0 Å². The van der Waals surface area contributed by atoms with Gasteiger partial charge >= 0.3 is 0 Å². The second-order valence-electron chi connectivity index (χ2n) is 3.65. The highest BCUT2D eigenvalue weighted by Gasteiger charge is 2.08. The van der Waals surface area contributed by atoms with E-state index in [1.807, 2.05) is 32.3 Å². The highest BCUT2D eigenvalue weighted by Crippen LogP contribution is 2.20. The molecule has 0 amide bonds. The zero-order valence-electron chi connectivity index (χ0n) is 8.84. The number of hydrogen-bond acceptors (Lipinski definition) is 4. The van der Waals surface area contributed by atoms with Crippen molar-refractivity contribution in [2.24, 2.45) is 0 Å². The van der Waals surface area contributed by atoms with E-state index in [1.54, 1.807) is 0 Å². The van der Waals surface area contributed by atoms with Gasteiger partial charge in [-0.3, -0.25) is 0 Å². The van der Waals surface area contributed by atoms with Gasteiger partial charge in [0.25, 0.3) is 0 Å². The largest absolute Gasteiger partial charge is 0.342 e. The standard InChI is InChI=1S/C11H13N3O/c1-14(2)7-9-5-3-4-6-10(9)11-12-8-15-13-11/h3-6,8H,7H2,1-2H3. The van der Waals surface area contributed by atoms with Gasteiger partial charge in [-0.1, -0.05) is 29.4 Å². The van der Waals surface area contributed by atoms with E-state index in [0.717, 1.165) is 12.1 Å². The van der Waals surface area contributed by atoms with Crippen molar-refractivity contribution in [3.8, 4) is 11.4 Å².